The zero-order valence-electron chi connectivity index (χ0n) is 9.40. The van der Waals surface area contributed by atoms with Gasteiger partial charge in [0.1, 0.15) is 0 Å². The number of nitrogens with two attached hydrogens (primary N) is 1. The number of carbonyl (C=O) groups excluding carboxylic acids is 1. The van der Waals surface area contributed by atoms with E-state index in [-0.39, 0.29) is 6.09 Å². The Bertz CT molecular complexity index is 404. The van der Waals surface area contributed by atoms with Crippen LogP contribution in [0.2, 0.25) is 0 Å². The predicted molar refractivity (Wildman–Crippen MR) is 63.5 cm³/mol. The summed E-state index contributed by atoms with van der Waals surface area (Å²) in [4.78, 5) is 13.4. The lowest BCUT2D eigenvalue weighted by molar-refractivity contribution is 0.159. The highest BCUT2D eigenvalue weighted by Crippen LogP contribution is 2.31. The van der Waals surface area contributed by atoms with Gasteiger partial charge in [0.15, 0.2) is 0 Å². The second-order valence-electron chi connectivity index (χ2n) is 3.80. The lowest BCUT2D eigenvalue weighted by atomic mass is 10.0. The maximum atomic E-state index is 11.7. The van der Waals surface area contributed by atoms with Crippen LogP contribution in [-0.2, 0) is 11.2 Å². The summed E-state index contributed by atoms with van der Waals surface area (Å²) in [7, 11) is 0. The molecule has 0 unspecified atom stereocenters. The molecule has 0 aliphatic carbocycles. The van der Waals surface area contributed by atoms with E-state index in [9.17, 15) is 4.79 Å². The maximum Gasteiger partial charge on any atom is 0.414 e. The van der Waals surface area contributed by atoms with Gasteiger partial charge in [0.05, 0.1) is 12.3 Å². The Hall–Kier alpha value is -1.71. The highest BCUT2D eigenvalue weighted by atomic mass is 16.6. The Kier molecular flexibility index (Phi) is 2.99. The van der Waals surface area contributed by atoms with Gasteiger partial charge in [-0.25, -0.2) is 4.79 Å². The van der Waals surface area contributed by atoms with Crippen LogP contribution in [0.4, 0.5) is 16.2 Å². The monoisotopic (exact) mass is 220 g/mol. The Morgan fingerprint density at radius 3 is 3.12 bits per heavy atom. The van der Waals surface area contributed by atoms with E-state index in [1.165, 1.54) is 0 Å². The van der Waals surface area contributed by atoms with E-state index >= 15 is 0 Å². The number of nitrogen functional groups attached to an aromatic ring is 1. The summed E-state index contributed by atoms with van der Waals surface area (Å²) < 4.78 is 5.02. The summed E-state index contributed by atoms with van der Waals surface area (Å²) in [5.74, 6) is 0. The number of fused-ring (bicyclic) bond motifs is 1. The third-order valence-corrected chi connectivity index (χ3v) is 2.78. The summed E-state index contributed by atoms with van der Waals surface area (Å²) in [5, 5.41) is 0. The van der Waals surface area contributed by atoms with Crippen molar-refractivity contribution in [2.45, 2.75) is 19.8 Å². The molecule has 4 heteroatoms. The van der Waals surface area contributed by atoms with Gasteiger partial charge in [-0.05, 0) is 37.5 Å². The largest absolute Gasteiger partial charge is 0.449 e. The van der Waals surface area contributed by atoms with Crippen LogP contribution >= 0.6 is 0 Å². The van der Waals surface area contributed by atoms with Crippen molar-refractivity contribution in [2.75, 3.05) is 23.8 Å². The third kappa shape index (κ3) is 1.83. The highest BCUT2D eigenvalue weighted by Gasteiger charge is 2.24. The standard InChI is InChI=1S/C12H16N2O2/c1-2-16-12(15)14-8-4-5-9-10(13)6-3-7-11(9)14/h3,6-7H,2,4-5,8,13H2,1H3. The molecular formula is C12H16N2O2. The molecule has 1 heterocycles. The zero-order chi connectivity index (χ0) is 11.5. The van der Waals surface area contributed by atoms with Gasteiger partial charge in [-0.15, -0.1) is 0 Å². The minimum atomic E-state index is -0.283. The number of hydrogen-bond donors (Lipinski definition) is 1. The summed E-state index contributed by atoms with van der Waals surface area (Å²) in [6.07, 6.45) is 1.58. The Balaban J connectivity index is 2.33. The summed E-state index contributed by atoms with van der Waals surface area (Å²) in [6.45, 7) is 2.91. The zero-order valence-corrected chi connectivity index (χ0v) is 9.40. The van der Waals surface area contributed by atoms with Crippen molar-refractivity contribution in [3.05, 3.63) is 23.8 Å². The van der Waals surface area contributed by atoms with E-state index in [4.69, 9.17) is 10.5 Å². The minimum absolute atomic E-state index is 0.283. The molecule has 0 radical (unpaired) electrons. The first kappa shape index (κ1) is 10.8. The first-order chi connectivity index (χ1) is 7.74. The van der Waals surface area contributed by atoms with Gasteiger partial charge < -0.3 is 10.5 Å². The number of nitrogens with zero attached hydrogens (tertiary/aromatic N) is 1. The molecule has 2 rings (SSSR count). The van der Waals surface area contributed by atoms with E-state index < -0.39 is 0 Å². The van der Waals surface area contributed by atoms with Crippen LogP contribution in [0.5, 0.6) is 0 Å². The van der Waals surface area contributed by atoms with Crippen LogP contribution in [-0.4, -0.2) is 19.2 Å². The van der Waals surface area contributed by atoms with Crippen molar-refractivity contribution in [3.63, 3.8) is 0 Å². The van der Waals surface area contributed by atoms with Gasteiger partial charge in [-0.1, -0.05) is 6.07 Å². The molecule has 0 saturated carbocycles. The molecule has 1 aliphatic rings. The SMILES string of the molecule is CCOC(=O)N1CCCc2c(N)cccc21. The van der Waals surface area contributed by atoms with Crippen molar-refractivity contribution in [1.29, 1.82) is 0 Å². The van der Waals surface area contributed by atoms with Crippen LogP contribution in [0.1, 0.15) is 18.9 Å². The first-order valence-electron chi connectivity index (χ1n) is 5.55. The number of ether oxygens (including phenoxy) is 1. The van der Waals surface area contributed by atoms with Gasteiger partial charge in [0.25, 0.3) is 0 Å². The van der Waals surface area contributed by atoms with Gasteiger partial charge in [0, 0.05) is 12.2 Å². The molecule has 16 heavy (non-hydrogen) atoms. The fourth-order valence-corrected chi connectivity index (χ4v) is 2.04. The van der Waals surface area contributed by atoms with Gasteiger partial charge in [-0.3, -0.25) is 4.90 Å². The molecule has 1 amide bonds. The molecule has 1 aromatic carbocycles. The van der Waals surface area contributed by atoms with Crippen LogP contribution in [0.25, 0.3) is 0 Å². The lowest BCUT2D eigenvalue weighted by Gasteiger charge is -2.29. The second kappa shape index (κ2) is 4.43. The van der Waals surface area contributed by atoms with Crippen molar-refractivity contribution in [2.24, 2.45) is 0 Å². The molecule has 0 fully saturated rings. The van der Waals surface area contributed by atoms with Crippen molar-refractivity contribution in [1.82, 2.24) is 0 Å². The molecule has 1 aromatic rings. The van der Waals surface area contributed by atoms with Crippen molar-refractivity contribution < 1.29 is 9.53 Å². The lowest BCUT2D eigenvalue weighted by Crippen LogP contribution is -2.36. The number of rotatable bonds is 1. The minimum Gasteiger partial charge on any atom is -0.449 e. The molecule has 0 spiro atoms. The van der Waals surface area contributed by atoms with Gasteiger partial charge in [-0.2, -0.15) is 0 Å². The fourth-order valence-electron chi connectivity index (χ4n) is 2.04. The fraction of sp³-hybridized carbons (Fsp3) is 0.417. The number of benzene rings is 1. The Morgan fingerprint density at radius 1 is 1.56 bits per heavy atom. The van der Waals surface area contributed by atoms with Crippen LogP contribution in [0, 0.1) is 0 Å². The van der Waals surface area contributed by atoms with E-state index in [0.717, 1.165) is 29.8 Å². The van der Waals surface area contributed by atoms with E-state index in [1.807, 2.05) is 25.1 Å². The molecule has 0 atom stereocenters. The molecule has 2 N–H and O–H groups in total. The van der Waals surface area contributed by atoms with Crippen molar-refractivity contribution in [3.8, 4) is 0 Å². The Labute approximate surface area is 95.0 Å². The smallest absolute Gasteiger partial charge is 0.414 e. The normalized spacial score (nSPS) is 14.4. The number of hydrogen-bond acceptors (Lipinski definition) is 3. The first-order valence-corrected chi connectivity index (χ1v) is 5.55. The average molecular weight is 220 g/mol. The molecular weight excluding hydrogens is 204 g/mol. The average Bonchev–Trinajstić information content (AvgIpc) is 2.29. The Morgan fingerprint density at radius 2 is 2.38 bits per heavy atom. The van der Waals surface area contributed by atoms with Crippen LogP contribution in [0.3, 0.4) is 0 Å². The molecule has 4 nitrogen and oxygen atoms in total. The second-order valence-corrected chi connectivity index (χ2v) is 3.80. The van der Waals surface area contributed by atoms with E-state index in [2.05, 4.69) is 0 Å². The van der Waals surface area contributed by atoms with Gasteiger partial charge >= 0.3 is 6.09 Å². The van der Waals surface area contributed by atoms with Crippen molar-refractivity contribution >= 4 is 17.5 Å². The summed E-state index contributed by atoms with van der Waals surface area (Å²) >= 11 is 0. The summed E-state index contributed by atoms with van der Waals surface area (Å²) in [6, 6.07) is 5.65. The molecule has 86 valence electrons. The maximum absolute atomic E-state index is 11.7. The quantitative estimate of drug-likeness (QED) is 0.738. The molecule has 0 aromatic heterocycles. The number of anilines is 2. The molecule has 0 bridgehead atoms. The number of amides is 1. The number of carbonyl (C=O) groups is 1. The van der Waals surface area contributed by atoms with E-state index in [0.29, 0.717) is 13.2 Å². The van der Waals surface area contributed by atoms with Gasteiger partial charge in [0.2, 0.25) is 0 Å². The third-order valence-electron chi connectivity index (χ3n) is 2.78. The molecule has 0 saturated heterocycles. The summed E-state index contributed by atoms with van der Waals surface area (Å²) in [5.41, 5.74) is 8.61. The van der Waals surface area contributed by atoms with Crippen LogP contribution in [0.15, 0.2) is 18.2 Å². The van der Waals surface area contributed by atoms with E-state index in [1.54, 1.807) is 4.90 Å². The molecule has 1 aliphatic heterocycles. The highest BCUT2D eigenvalue weighted by molar-refractivity contribution is 5.90. The van der Waals surface area contributed by atoms with Crippen LogP contribution < -0.4 is 10.6 Å². The predicted octanol–water partition coefficient (Wildman–Crippen LogP) is 2.18. The topological polar surface area (TPSA) is 55.6 Å².